The van der Waals surface area contributed by atoms with Crippen LogP contribution in [0.5, 0.6) is 10.9 Å². The molecule has 6 heteroatoms. The van der Waals surface area contributed by atoms with Crippen molar-refractivity contribution in [3.05, 3.63) is 38.4 Å². The number of benzene rings is 1. The van der Waals surface area contributed by atoms with Crippen molar-refractivity contribution in [2.45, 2.75) is 6.92 Å². The van der Waals surface area contributed by atoms with E-state index in [-0.39, 0.29) is 5.56 Å². The van der Waals surface area contributed by atoms with Gasteiger partial charge in [-0.2, -0.15) is 0 Å². The number of ether oxygens (including phenoxy) is 1. The highest BCUT2D eigenvalue weighted by Gasteiger charge is 2.13. The van der Waals surface area contributed by atoms with Crippen molar-refractivity contribution in [1.29, 1.82) is 0 Å². The molecular weight excluding hydrogens is 353 g/mol. The first-order chi connectivity index (χ1) is 8.06. The molecule has 0 saturated heterocycles. The van der Waals surface area contributed by atoms with Gasteiger partial charge in [0.1, 0.15) is 11.3 Å². The average Bonchev–Trinajstić information content (AvgIpc) is 2.66. The summed E-state index contributed by atoms with van der Waals surface area (Å²) in [6.45, 7) is 1.86. The number of hydrogen-bond donors (Lipinski definition) is 1. The van der Waals surface area contributed by atoms with E-state index in [2.05, 4.69) is 27.6 Å². The first-order valence-electron chi connectivity index (χ1n) is 4.69. The fourth-order valence-electron chi connectivity index (χ4n) is 1.23. The van der Waals surface area contributed by atoms with E-state index in [1.165, 1.54) is 11.3 Å². The van der Waals surface area contributed by atoms with Crippen LogP contribution in [0.4, 0.5) is 0 Å². The highest BCUT2D eigenvalue weighted by Crippen LogP contribution is 2.29. The number of aryl methyl sites for hydroxylation is 1. The number of hydrogen-bond acceptors (Lipinski definition) is 4. The average molecular weight is 361 g/mol. The molecule has 1 N–H and O–H groups in total. The standard InChI is InChI=1S/C11H8INO3S/c1-6-5-17-11(13-6)16-9-3-2-7(12)4-8(9)10(14)15/h2-5H,1H3,(H,14,15). The lowest BCUT2D eigenvalue weighted by atomic mass is 10.2. The minimum atomic E-state index is -1.01. The normalized spacial score (nSPS) is 10.2. The van der Waals surface area contributed by atoms with E-state index < -0.39 is 5.97 Å². The van der Waals surface area contributed by atoms with Gasteiger partial charge in [0.15, 0.2) is 0 Å². The van der Waals surface area contributed by atoms with Gasteiger partial charge in [-0.25, -0.2) is 9.78 Å². The number of aromatic nitrogens is 1. The maximum Gasteiger partial charge on any atom is 0.339 e. The molecule has 1 heterocycles. The van der Waals surface area contributed by atoms with E-state index in [1.54, 1.807) is 18.2 Å². The fourth-order valence-corrected chi connectivity index (χ4v) is 2.38. The van der Waals surface area contributed by atoms with Gasteiger partial charge in [-0.1, -0.05) is 11.3 Å². The summed E-state index contributed by atoms with van der Waals surface area (Å²) in [5.74, 6) is -0.695. The van der Waals surface area contributed by atoms with E-state index in [4.69, 9.17) is 9.84 Å². The third kappa shape index (κ3) is 2.95. The second-order valence-corrected chi connectivity index (χ2v) is 5.37. The highest BCUT2D eigenvalue weighted by molar-refractivity contribution is 14.1. The lowest BCUT2D eigenvalue weighted by molar-refractivity contribution is 0.0694. The maximum atomic E-state index is 11.1. The Labute approximate surface area is 115 Å². The number of aromatic carboxylic acids is 1. The molecule has 1 aromatic heterocycles. The fraction of sp³-hybridized carbons (Fsp3) is 0.0909. The lowest BCUT2D eigenvalue weighted by Crippen LogP contribution is -2.00. The third-order valence-electron chi connectivity index (χ3n) is 1.97. The van der Waals surface area contributed by atoms with Crippen molar-refractivity contribution in [1.82, 2.24) is 4.98 Å². The molecule has 88 valence electrons. The van der Waals surface area contributed by atoms with E-state index in [0.717, 1.165) is 9.26 Å². The Morgan fingerprint density at radius 3 is 2.88 bits per heavy atom. The zero-order valence-corrected chi connectivity index (χ0v) is 11.8. The molecule has 0 saturated carbocycles. The number of carboxylic acid groups (broad SMARTS) is 1. The second-order valence-electron chi connectivity index (χ2n) is 3.30. The lowest BCUT2D eigenvalue weighted by Gasteiger charge is -2.05. The number of carboxylic acids is 1. The van der Waals surface area contributed by atoms with Crippen LogP contribution in [0, 0.1) is 10.5 Å². The largest absolute Gasteiger partial charge is 0.478 e. The Hall–Kier alpha value is -1.15. The monoisotopic (exact) mass is 361 g/mol. The summed E-state index contributed by atoms with van der Waals surface area (Å²) in [6, 6.07) is 5.00. The van der Waals surface area contributed by atoms with E-state index in [1.807, 2.05) is 12.3 Å². The molecule has 0 radical (unpaired) electrons. The van der Waals surface area contributed by atoms with Gasteiger partial charge in [0.05, 0.1) is 5.69 Å². The van der Waals surface area contributed by atoms with Crippen molar-refractivity contribution in [3.63, 3.8) is 0 Å². The summed E-state index contributed by atoms with van der Waals surface area (Å²) >= 11 is 3.40. The van der Waals surface area contributed by atoms with Gasteiger partial charge < -0.3 is 9.84 Å². The van der Waals surface area contributed by atoms with Crippen LogP contribution in [-0.4, -0.2) is 16.1 Å². The van der Waals surface area contributed by atoms with Gasteiger partial charge in [-0.05, 0) is 47.7 Å². The molecule has 0 aliphatic rings. The molecule has 0 fully saturated rings. The molecule has 0 spiro atoms. The molecule has 0 atom stereocenters. The van der Waals surface area contributed by atoms with Gasteiger partial charge in [0.2, 0.25) is 0 Å². The Balaban J connectivity index is 2.35. The molecule has 0 amide bonds. The molecule has 1 aromatic carbocycles. The zero-order valence-electron chi connectivity index (χ0n) is 8.81. The van der Waals surface area contributed by atoms with Crippen LogP contribution in [0.25, 0.3) is 0 Å². The smallest absolute Gasteiger partial charge is 0.339 e. The summed E-state index contributed by atoms with van der Waals surface area (Å²) in [5, 5.41) is 11.4. The van der Waals surface area contributed by atoms with E-state index >= 15 is 0 Å². The molecule has 0 aliphatic carbocycles. The van der Waals surface area contributed by atoms with Crippen molar-refractivity contribution < 1.29 is 14.6 Å². The van der Waals surface area contributed by atoms with E-state index in [9.17, 15) is 4.79 Å². The second kappa shape index (κ2) is 5.01. The van der Waals surface area contributed by atoms with Crippen LogP contribution < -0.4 is 4.74 Å². The van der Waals surface area contributed by atoms with Crippen molar-refractivity contribution >= 4 is 39.9 Å². The van der Waals surface area contributed by atoms with Crippen molar-refractivity contribution in [2.75, 3.05) is 0 Å². The Kier molecular flexibility index (Phi) is 3.63. The van der Waals surface area contributed by atoms with Crippen molar-refractivity contribution in [2.24, 2.45) is 0 Å². The summed E-state index contributed by atoms with van der Waals surface area (Å²) in [4.78, 5) is 15.2. The summed E-state index contributed by atoms with van der Waals surface area (Å²) in [5.41, 5.74) is 0.997. The minimum Gasteiger partial charge on any atom is -0.478 e. The highest BCUT2D eigenvalue weighted by atomic mass is 127. The first-order valence-corrected chi connectivity index (χ1v) is 6.65. The quantitative estimate of drug-likeness (QED) is 0.850. The topological polar surface area (TPSA) is 59.4 Å². The summed E-state index contributed by atoms with van der Waals surface area (Å²) < 4.78 is 6.32. The van der Waals surface area contributed by atoms with Crippen molar-refractivity contribution in [3.8, 4) is 10.9 Å². The van der Waals surface area contributed by atoms with Crippen LogP contribution in [0.2, 0.25) is 0 Å². The molecule has 0 bridgehead atoms. The van der Waals surface area contributed by atoms with Gasteiger partial charge in [-0.3, -0.25) is 0 Å². The van der Waals surface area contributed by atoms with Crippen LogP contribution in [0.15, 0.2) is 23.6 Å². The predicted octanol–water partition coefficient (Wildman–Crippen LogP) is 3.55. The van der Waals surface area contributed by atoms with Crippen LogP contribution in [0.1, 0.15) is 16.1 Å². The van der Waals surface area contributed by atoms with Gasteiger partial charge in [0.25, 0.3) is 5.19 Å². The van der Waals surface area contributed by atoms with Crippen LogP contribution in [0.3, 0.4) is 0 Å². The molecule has 0 unspecified atom stereocenters. The number of halogens is 1. The first kappa shape index (κ1) is 12.3. The molecular formula is C11H8INO3S. The molecule has 4 nitrogen and oxygen atoms in total. The van der Waals surface area contributed by atoms with Crippen LogP contribution >= 0.6 is 33.9 Å². The Morgan fingerprint density at radius 1 is 1.53 bits per heavy atom. The number of rotatable bonds is 3. The predicted molar refractivity (Wildman–Crippen MR) is 73.0 cm³/mol. The Bertz CT molecular complexity index is 568. The molecule has 0 aliphatic heterocycles. The van der Waals surface area contributed by atoms with Gasteiger partial charge >= 0.3 is 5.97 Å². The summed E-state index contributed by atoms with van der Waals surface area (Å²) in [7, 11) is 0. The van der Waals surface area contributed by atoms with E-state index in [0.29, 0.717) is 10.9 Å². The van der Waals surface area contributed by atoms with Gasteiger partial charge in [0, 0.05) is 8.95 Å². The third-order valence-corrected chi connectivity index (χ3v) is 3.47. The molecule has 2 rings (SSSR count). The SMILES string of the molecule is Cc1csc(Oc2ccc(I)cc2C(=O)O)n1. The van der Waals surface area contributed by atoms with Gasteiger partial charge in [-0.15, -0.1) is 0 Å². The minimum absolute atomic E-state index is 0.143. The molecule has 2 aromatic rings. The number of thiazole rings is 1. The number of nitrogens with zero attached hydrogens (tertiary/aromatic N) is 1. The maximum absolute atomic E-state index is 11.1. The summed E-state index contributed by atoms with van der Waals surface area (Å²) in [6.07, 6.45) is 0. The Morgan fingerprint density at radius 2 is 2.29 bits per heavy atom. The number of carbonyl (C=O) groups is 1. The molecule has 17 heavy (non-hydrogen) atoms. The van der Waals surface area contributed by atoms with Crippen LogP contribution in [-0.2, 0) is 0 Å². The zero-order chi connectivity index (χ0) is 12.4.